The molecule has 5 rings (SSSR count). The smallest absolute Gasteiger partial charge is 0.291 e. The van der Waals surface area contributed by atoms with Crippen LogP contribution in [0.1, 0.15) is 27.6 Å². The van der Waals surface area contributed by atoms with Gasteiger partial charge < -0.3 is 14.2 Å². The Labute approximate surface area is 188 Å². The maximum absolute atomic E-state index is 12.7. The van der Waals surface area contributed by atoms with E-state index in [1.54, 1.807) is 18.2 Å². The van der Waals surface area contributed by atoms with Crippen molar-refractivity contribution in [3.63, 3.8) is 0 Å². The van der Waals surface area contributed by atoms with E-state index in [0.29, 0.717) is 34.5 Å². The van der Waals surface area contributed by atoms with Gasteiger partial charge in [0.2, 0.25) is 11.8 Å². The van der Waals surface area contributed by atoms with E-state index in [2.05, 4.69) is 15.5 Å². The van der Waals surface area contributed by atoms with Crippen LogP contribution in [0.4, 0.5) is 5.69 Å². The third-order valence-corrected chi connectivity index (χ3v) is 5.39. The fraction of sp³-hybridized carbons (Fsp3) is 0.0800. The molecule has 7 heteroatoms. The zero-order chi connectivity index (χ0) is 22.1. The van der Waals surface area contributed by atoms with Gasteiger partial charge in [-0.1, -0.05) is 41.9 Å². The lowest BCUT2D eigenvalue weighted by molar-refractivity contribution is 0.0998. The number of hydrogen-bond acceptors (Lipinski definition) is 5. The Morgan fingerprint density at radius 2 is 1.75 bits per heavy atom. The molecule has 1 N–H and O–H groups in total. The number of nitrogens with one attached hydrogen (secondary N) is 1. The van der Waals surface area contributed by atoms with Crippen LogP contribution in [0.15, 0.2) is 81.6 Å². The lowest BCUT2D eigenvalue weighted by atomic mass is 10.1. The first-order valence-electron chi connectivity index (χ1n) is 10.0. The second-order valence-electron chi connectivity index (χ2n) is 7.39. The van der Waals surface area contributed by atoms with Crippen LogP contribution in [0, 0.1) is 6.92 Å². The van der Waals surface area contributed by atoms with Crippen LogP contribution in [-0.4, -0.2) is 16.1 Å². The fourth-order valence-corrected chi connectivity index (χ4v) is 3.67. The molecule has 0 aliphatic carbocycles. The molecule has 32 heavy (non-hydrogen) atoms. The third kappa shape index (κ3) is 4.00. The molecule has 2 aromatic heterocycles. The van der Waals surface area contributed by atoms with E-state index in [9.17, 15) is 4.79 Å². The first-order valence-corrected chi connectivity index (χ1v) is 10.4. The third-order valence-electron chi connectivity index (χ3n) is 5.16. The quantitative estimate of drug-likeness (QED) is 0.345. The molecule has 5 aromatic rings. The first kappa shape index (κ1) is 20.0. The summed E-state index contributed by atoms with van der Waals surface area (Å²) in [5.41, 5.74) is 3.91. The number of anilines is 1. The second kappa shape index (κ2) is 8.32. The van der Waals surface area contributed by atoms with E-state index < -0.39 is 0 Å². The van der Waals surface area contributed by atoms with Gasteiger partial charge in [-0.15, -0.1) is 10.2 Å². The first-order chi connectivity index (χ1) is 15.6. The van der Waals surface area contributed by atoms with Gasteiger partial charge in [0.25, 0.3) is 5.91 Å². The van der Waals surface area contributed by atoms with Crippen molar-refractivity contribution in [3.8, 4) is 11.5 Å². The number of amides is 1. The van der Waals surface area contributed by atoms with Gasteiger partial charge in [0.05, 0.1) is 6.42 Å². The molecule has 0 aliphatic rings. The highest BCUT2D eigenvalue weighted by Crippen LogP contribution is 2.28. The summed E-state index contributed by atoms with van der Waals surface area (Å²) in [6.07, 6.45) is 0.498. The highest BCUT2D eigenvalue weighted by atomic mass is 35.5. The maximum atomic E-state index is 12.7. The lowest BCUT2D eigenvalue weighted by Gasteiger charge is -2.05. The van der Waals surface area contributed by atoms with E-state index in [1.807, 2.05) is 61.5 Å². The van der Waals surface area contributed by atoms with Crippen molar-refractivity contribution in [3.05, 3.63) is 101 Å². The molecule has 0 bridgehead atoms. The number of benzene rings is 3. The summed E-state index contributed by atoms with van der Waals surface area (Å²) in [6.45, 7) is 1.84. The van der Waals surface area contributed by atoms with Crippen molar-refractivity contribution >= 4 is 34.2 Å². The van der Waals surface area contributed by atoms with Crippen LogP contribution in [0.2, 0.25) is 5.02 Å². The largest absolute Gasteiger partial charge is 0.451 e. The molecule has 0 atom stereocenters. The Kier molecular flexibility index (Phi) is 5.21. The Bertz CT molecular complexity index is 1410. The molecule has 0 spiro atoms. The Morgan fingerprint density at radius 3 is 2.53 bits per heavy atom. The van der Waals surface area contributed by atoms with Crippen LogP contribution < -0.4 is 5.32 Å². The molecule has 0 radical (unpaired) electrons. The predicted octanol–water partition coefficient (Wildman–Crippen LogP) is 6.29. The average Bonchev–Trinajstić information content (AvgIpc) is 3.40. The number of carbonyl (C=O) groups is 1. The van der Waals surface area contributed by atoms with E-state index in [0.717, 1.165) is 22.1 Å². The molecule has 2 heterocycles. The van der Waals surface area contributed by atoms with Gasteiger partial charge in [0, 0.05) is 27.2 Å². The van der Waals surface area contributed by atoms with Crippen LogP contribution in [0.25, 0.3) is 22.4 Å². The van der Waals surface area contributed by atoms with Crippen molar-refractivity contribution in [1.29, 1.82) is 0 Å². The summed E-state index contributed by atoms with van der Waals surface area (Å²) in [7, 11) is 0. The molecule has 0 aliphatic heterocycles. The Hall–Kier alpha value is -3.90. The topological polar surface area (TPSA) is 81.2 Å². The minimum atomic E-state index is -0.313. The average molecular weight is 444 g/mol. The molecular weight excluding hydrogens is 426 g/mol. The van der Waals surface area contributed by atoms with Gasteiger partial charge in [0.1, 0.15) is 5.58 Å². The standard InChI is InChI=1S/C25H18ClN3O3/c1-15-20-14-18(26)9-12-21(20)31-23(15)24(30)27-19-10-7-16(8-11-19)13-22-28-29-25(32-22)17-5-3-2-4-6-17/h2-12,14H,13H2,1H3,(H,27,30). The summed E-state index contributed by atoms with van der Waals surface area (Å²) in [5.74, 6) is 0.974. The Balaban J connectivity index is 1.28. The number of rotatable bonds is 5. The molecule has 158 valence electrons. The number of halogens is 1. The number of aromatic nitrogens is 2. The molecule has 3 aromatic carbocycles. The zero-order valence-corrected chi connectivity index (χ0v) is 17.9. The van der Waals surface area contributed by atoms with Crippen LogP contribution in [0.5, 0.6) is 0 Å². The van der Waals surface area contributed by atoms with E-state index in [4.69, 9.17) is 20.4 Å². The van der Waals surface area contributed by atoms with Crippen molar-refractivity contribution in [2.24, 2.45) is 0 Å². The van der Waals surface area contributed by atoms with Gasteiger partial charge in [-0.3, -0.25) is 4.79 Å². The summed E-state index contributed by atoms with van der Waals surface area (Å²) < 4.78 is 11.5. The normalized spacial score (nSPS) is 11.1. The molecule has 1 amide bonds. The van der Waals surface area contributed by atoms with Crippen LogP contribution in [-0.2, 0) is 6.42 Å². The maximum Gasteiger partial charge on any atom is 0.291 e. The summed E-state index contributed by atoms with van der Waals surface area (Å²) in [5, 5.41) is 12.5. The number of nitrogens with zero attached hydrogens (tertiary/aromatic N) is 2. The highest BCUT2D eigenvalue weighted by molar-refractivity contribution is 6.31. The number of aryl methyl sites for hydroxylation is 1. The lowest BCUT2D eigenvalue weighted by Crippen LogP contribution is -2.12. The van der Waals surface area contributed by atoms with E-state index in [1.165, 1.54) is 0 Å². The van der Waals surface area contributed by atoms with Crippen molar-refractivity contribution in [1.82, 2.24) is 10.2 Å². The Morgan fingerprint density at radius 1 is 0.969 bits per heavy atom. The molecule has 0 saturated carbocycles. The van der Waals surface area contributed by atoms with Crippen LogP contribution >= 0.6 is 11.6 Å². The SMILES string of the molecule is Cc1c(C(=O)Nc2ccc(Cc3nnc(-c4ccccc4)o3)cc2)oc2ccc(Cl)cc12. The van der Waals surface area contributed by atoms with Crippen LogP contribution in [0.3, 0.4) is 0 Å². The monoisotopic (exact) mass is 443 g/mol. The second-order valence-corrected chi connectivity index (χ2v) is 7.83. The van der Waals surface area contributed by atoms with Crippen molar-refractivity contribution in [2.75, 3.05) is 5.32 Å². The molecule has 0 saturated heterocycles. The molecule has 0 unspecified atom stereocenters. The molecule has 6 nitrogen and oxygen atoms in total. The van der Waals surface area contributed by atoms with Gasteiger partial charge in [-0.05, 0) is 55.0 Å². The minimum absolute atomic E-state index is 0.269. The van der Waals surface area contributed by atoms with Gasteiger partial charge in [0.15, 0.2) is 5.76 Å². The van der Waals surface area contributed by atoms with Gasteiger partial charge >= 0.3 is 0 Å². The summed E-state index contributed by atoms with van der Waals surface area (Å²) in [4.78, 5) is 12.7. The van der Waals surface area contributed by atoms with E-state index >= 15 is 0 Å². The summed E-state index contributed by atoms with van der Waals surface area (Å²) >= 11 is 6.06. The molecular formula is C25H18ClN3O3. The van der Waals surface area contributed by atoms with E-state index in [-0.39, 0.29) is 11.7 Å². The zero-order valence-electron chi connectivity index (χ0n) is 17.1. The number of hydrogen-bond donors (Lipinski definition) is 1. The summed E-state index contributed by atoms with van der Waals surface area (Å²) in [6, 6.07) is 22.4. The van der Waals surface area contributed by atoms with Crippen molar-refractivity contribution in [2.45, 2.75) is 13.3 Å². The number of furan rings is 1. The highest BCUT2D eigenvalue weighted by Gasteiger charge is 2.18. The minimum Gasteiger partial charge on any atom is -0.451 e. The number of fused-ring (bicyclic) bond motifs is 1. The number of carbonyl (C=O) groups excluding carboxylic acids is 1. The van der Waals surface area contributed by atoms with Gasteiger partial charge in [-0.25, -0.2) is 0 Å². The van der Waals surface area contributed by atoms with Crippen molar-refractivity contribution < 1.29 is 13.6 Å². The van der Waals surface area contributed by atoms with Gasteiger partial charge in [-0.2, -0.15) is 0 Å². The predicted molar refractivity (Wildman–Crippen MR) is 123 cm³/mol. The fourth-order valence-electron chi connectivity index (χ4n) is 3.50. The molecule has 0 fully saturated rings.